The summed E-state index contributed by atoms with van der Waals surface area (Å²) in [5.74, 6) is -0.188. The topological polar surface area (TPSA) is 106 Å². The molecule has 2 aromatic rings. The van der Waals surface area contributed by atoms with Crippen LogP contribution >= 0.6 is 0 Å². The Labute approximate surface area is 195 Å². The van der Waals surface area contributed by atoms with E-state index in [2.05, 4.69) is 15.4 Å². The standard InChI is InChI=1S/C23H25F2N3O6/c1-13(17-11-16(32-3)9-10-18(17)33-4)26-19(29)12-28-20(30)23(2,27-22(28)31)14-5-7-15(8-6-14)34-21(24)25/h5-11,13,21H,12H2,1-4H3,(H,26,29)(H,27,31). The van der Waals surface area contributed by atoms with Gasteiger partial charge in [-0.15, -0.1) is 0 Å². The van der Waals surface area contributed by atoms with Gasteiger partial charge in [0.25, 0.3) is 5.91 Å². The number of ether oxygens (including phenoxy) is 3. The first-order valence-corrected chi connectivity index (χ1v) is 10.3. The number of nitrogens with one attached hydrogen (secondary N) is 2. The third-order valence-corrected chi connectivity index (χ3v) is 5.51. The maximum atomic E-state index is 13.1. The van der Waals surface area contributed by atoms with Crippen LogP contribution in [0.3, 0.4) is 0 Å². The zero-order chi connectivity index (χ0) is 25.0. The molecule has 4 amide bonds. The van der Waals surface area contributed by atoms with Gasteiger partial charge in [0.05, 0.1) is 20.3 Å². The smallest absolute Gasteiger partial charge is 0.387 e. The van der Waals surface area contributed by atoms with E-state index in [4.69, 9.17) is 9.47 Å². The third kappa shape index (κ3) is 5.03. The molecule has 2 unspecified atom stereocenters. The lowest BCUT2D eigenvalue weighted by molar-refractivity contribution is -0.135. The Bertz CT molecular complexity index is 1080. The van der Waals surface area contributed by atoms with E-state index in [9.17, 15) is 23.2 Å². The van der Waals surface area contributed by atoms with Gasteiger partial charge in [0.2, 0.25) is 5.91 Å². The van der Waals surface area contributed by atoms with Gasteiger partial charge in [-0.1, -0.05) is 12.1 Å². The van der Waals surface area contributed by atoms with E-state index < -0.39 is 42.6 Å². The highest BCUT2D eigenvalue weighted by molar-refractivity contribution is 6.09. The van der Waals surface area contributed by atoms with Gasteiger partial charge in [-0.2, -0.15) is 8.78 Å². The van der Waals surface area contributed by atoms with Crippen molar-refractivity contribution in [1.82, 2.24) is 15.5 Å². The molecule has 0 spiro atoms. The normalized spacial score (nSPS) is 18.5. The van der Waals surface area contributed by atoms with Crippen molar-refractivity contribution in [3.63, 3.8) is 0 Å². The van der Waals surface area contributed by atoms with Crippen LogP contribution in [0.25, 0.3) is 0 Å². The van der Waals surface area contributed by atoms with Crippen LogP contribution < -0.4 is 24.8 Å². The summed E-state index contributed by atoms with van der Waals surface area (Å²) in [5, 5.41) is 5.31. The molecule has 2 aromatic carbocycles. The fourth-order valence-electron chi connectivity index (χ4n) is 3.69. The quantitative estimate of drug-likeness (QED) is 0.538. The lowest BCUT2D eigenvalue weighted by Gasteiger charge is -2.23. The minimum Gasteiger partial charge on any atom is -0.497 e. The monoisotopic (exact) mass is 477 g/mol. The minimum atomic E-state index is -2.98. The predicted octanol–water partition coefficient (Wildman–Crippen LogP) is 2.95. The van der Waals surface area contributed by atoms with Gasteiger partial charge in [-0.05, 0) is 49.7 Å². The van der Waals surface area contributed by atoms with Gasteiger partial charge < -0.3 is 24.8 Å². The number of hydrogen-bond donors (Lipinski definition) is 2. The molecule has 0 aliphatic carbocycles. The number of urea groups is 1. The lowest BCUT2D eigenvalue weighted by atomic mass is 9.92. The first kappa shape index (κ1) is 24.7. The van der Waals surface area contributed by atoms with Gasteiger partial charge >= 0.3 is 12.6 Å². The van der Waals surface area contributed by atoms with Crippen molar-refractivity contribution in [2.75, 3.05) is 20.8 Å². The number of nitrogens with zero attached hydrogens (tertiary/aromatic N) is 1. The SMILES string of the molecule is COc1ccc(OC)c(C(C)NC(=O)CN2C(=O)NC(C)(c3ccc(OC(F)F)cc3)C2=O)c1. The number of benzene rings is 2. The van der Waals surface area contributed by atoms with E-state index in [0.717, 1.165) is 4.90 Å². The van der Waals surface area contributed by atoms with Crippen LogP contribution in [0.4, 0.5) is 13.6 Å². The highest BCUT2D eigenvalue weighted by Gasteiger charge is 2.49. The minimum absolute atomic E-state index is 0.0858. The van der Waals surface area contributed by atoms with Crippen molar-refractivity contribution >= 4 is 17.8 Å². The molecule has 1 fully saturated rings. The Morgan fingerprint density at radius 2 is 1.74 bits per heavy atom. The fraction of sp³-hybridized carbons (Fsp3) is 0.348. The van der Waals surface area contributed by atoms with E-state index in [0.29, 0.717) is 22.6 Å². The lowest BCUT2D eigenvalue weighted by Crippen LogP contribution is -2.43. The molecule has 0 radical (unpaired) electrons. The molecular weight excluding hydrogens is 452 g/mol. The highest BCUT2D eigenvalue weighted by atomic mass is 19.3. The second-order valence-corrected chi connectivity index (χ2v) is 7.75. The fourth-order valence-corrected chi connectivity index (χ4v) is 3.69. The molecule has 9 nitrogen and oxygen atoms in total. The molecule has 1 aliphatic heterocycles. The van der Waals surface area contributed by atoms with Crippen molar-refractivity contribution in [2.24, 2.45) is 0 Å². The summed E-state index contributed by atoms with van der Waals surface area (Å²) in [5.41, 5.74) is -0.462. The zero-order valence-corrected chi connectivity index (χ0v) is 19.1. The molecule has 0 bridgehead atoms. The van der Waals surface area contributed by atoms with E-state index in [-0.39, 0.29) is 5.75 Å². The maximum Gasteiger partial charge on any atom is 0.387 e. The number of imide groups is 1. The molecule has 1 aliphatic rings. The molecule has 11 heteroatoms. The molecule has 2 N–H and O–H groups in total. The summed E-state index contributed by atoms with van der Waals surface area (Å²) in [6.07, 6.45) is 0. The van der Waals surface area contributed by atoms with Gasteiger partial charge in [0, 0.05) is 5.56 Å². The summed E-state index contributed by atoms with van der Waals surface area (Å²) in [4.78, 5) is 39.0. The number of carbonyl (C=O) groups is 3. The molecule has 1 saturated heterocycles. The zero-order valence-electron chi connectivity index (χ0n) is 19.1. The van der Waals surface area contributed by atoms with Crippen LogP contribution in [-0.2, 0) is 15.1 Å². The van der Waals surface area contributed by atoms with Crippen LogP contribution in [0.5, 0.6) is 17.2 Å². The Morgan fingerprint density at radius 3 is 2.32 bits per heavy atom. The van der Waals surface area contributed by atoms with E-state index in [1.807, 2.05) is 0 Å². The first-order valence-electron chi connectivity index (χ1n) is 10.3. The molecular formula is C23H25F2N3O6. The summed E-state index contributed by atoms with van der Waals surface area (Å²) in [6.45, 7) is -0.294. The average molecular weight is 477 g/mol. The average Bonchev–Trinajstić information content (AvgIpc) is 3.02. The van der Waals surface area contributed by atoms with Crippen molar-refractivity contribution in [2.45, 2.75) is 32.0 Å². The number of halogens is 2. The van der Waals surface area contributed by atoms with Gasteiger partial charge in [-0.25, -0.2) is 4.79 Å². The van der Waals surface area contributed by atoms with Crippen molar-refractivity contribution in [3.05, 3.63) is 53.6 Å². The third-order valence-electron chi connectivity index (χ3n) is 5.51. The van der Waals surface area contributed by atoms with Crippen molar-refractivity contribution in [1.29, 1.82) is 0 Å². The Kier molecular flexibility index (Phi) is 7.23. The number of rotatable bonds is 9. The second kappa shape index (κ2) is 9.94. The van der Waals surface area contributed by atoms with Gasteiger partial charge in [0.15, 0.2) is 0 Å². The Balaban J connectivity index is 1.71. The molecule has 1 heterocycles. The van der Waals surface area contributed by atoms with Crippen molar-refractivity contribution < 1.29 is 37.4 Å². The Hall–Kier alpha value is -3.89. The van der Waals surface area contributed by atoms with E-state index in [1.54, 1.807) is 25.1 Å². The summed E-state index contributed by atoms with van der Waals surface area (Å²) in [6, 6.07) is 9.22. The molecule has 3 rings (SSSR count). The van der Waals surface area contributed by atoms with Gasteiger partial charge in [0.1, 0.15) is 29.3 Å². The van der Waals surface area contributed by atoms with Gasteiger partial charge in [-0.3, -0.25) is 14.5 Å². The molecule has 0 saturated carbocycles. The maximum absolute atomic E-state index is 13.1. The van der Waals surface area contributed by atoms with E-state index >= 15 is 0 Å². The van der Waals surface area contributed by atoms with Crippen LogP contribution in [-0.4, -0.2) is 50.1 Å². The number of methoxy groups -OCH3 is 2. The first-order chi connectivity index (χ1) is 16.1. The van der Waals surface area contributed by atoms with Crippen molar-refractivity contribution in [3.8, 4) is 17.2 Å². The van der Waals surface area contributed by atoms with Crippen LogP contribution in [0.1, 0.15) is 31.0 Å². The number of amides is 4. The largest absolute Gasteiger partial charge is 0.497 e. The number of alkyl halides is 2. The summed E-state index contributed by atoms with van der Waals surface area (Å²) < 4.78 is 39.6. The molecule has 2 atom stereocenters. The molecule has 34 heavy (non-hydrogen) atoms. The van der Waals surface area contributed by atoms with Crippen LogP contribution in [0, 0.1) is 0 Å². The highest BCUT2D eigenvalue weighted by Crippen LogP contribution is 2.31. The Morgan fingerprint density at radius 1 is 1.09 bits per heavy atom. The van der Waals surface area contributed by atoms with Crippen LogP contribution in [0.2, 0.25) is 0 Å². The molecule has 182 valence electrons. The van der Waals surface area contributed by atoms with E-state index in [1.165, 1.54) is 45.4 Å². The second-order valence-electron chi connectivity index (χ2n) is 7.75. The number of hydrogen-bond acceptors (Lipinski definition) is 6. The number of carbonyl (C=O) groups excluding carboxylic acids is 3. The molecule has 0 aromatic heterocycles. The summed E-state index contributed by atoms with van der Waals surface area (Å²) >= 11 is 0. The summed E-state index contributed by atoms with van der Waals surface area (Å²) in [7, 11) is 3.02. The van der Waals surface area contributed by atoms with Crippen LogP contribution in [0.15, 0.2) is 42.5 Å². The predicted molar refractivity (Wildman–Crippen MR) is 117 cm³/mol.